The Hall–Kier alpha value is -2.10. The number of aryl methyl sites for hydroxylation is 1. The summed E-state index contributed by atoms with van der Waals surface area (Å²) in [5, 5.41) is 14.3. The lowest BCUT2D eigenvalue weighted by Crippen LogP contribution is -2.26. The number of rotatable bonds is 4. The van der Waals surface area contributed by atoms with Crippen molar-refractivity contribution < 1.29 is 14.4 Å². The summed E-state index contributed by atoms with van der Waals surface area (Å²) in [7, 11) is 1.72. The standard InChI is InChI=1S/C15H16N2O3S/c1-11-8-16-20-14(11)15(19)17(2)9-12-7-13(21-10-12)5-3-4-6-18/h7-8,10,18H,4,6,9H2,1-2H3. The lowest BCUT2D eigenvalue weighted by Gasteiger charge is -2.14. The molecule has 0 bridgehead atoms. The van der Waals surface area contributed by atoms with E-state index >= 15 is 0 Å². The summed E-state index contributed by atoms with van der Waals surface area (Å²) in [5.74, 6) is 5.94. The number of amides is 1. The lowest BCUT2D eigenvalue weighted by molar-refractivity contribution is 0.0742. The molecule has 2 rings (SSSR count). The normalized spacial score (nSPS) is 10.0. The van der Waals surface area contributed by atoms with E-state index in [1.165, 1.54) is 17.5 Å². The zero-order valence-electron chi connectivity index (χ0n) is 11.9. The Morgan fingerprint density at radius 1 is 1.57 bits per heavy atom. The quantitative estimate of drug-likeness (QED) is 0.878. The van der Waals surface area contributed by atoms with Crippen molar-refractivity contribution in [3.05, 3.63) is 39.4 Å². The van der Waals surface area contributed by atoms with Crippen LogP contribution in [-0.4, -0.2) is 34.7 Å². The van der Waals surface area contributed by atoms with Crippen LogP contribution in [0.15, 0.2) is 22.2 Å². The summed E-state index contributed by atoms with van der Waals surface area (Å²) in [6, 6.07) is 1.95. The van der Waals surface area contributed by atoms with E-state index in [2.05, 4.69) is 17.0 Å². The van der Waals surface area contributed by atoms with Crippen molar-refractivity contribution in [3.8, 4) is 11.8 Å². The van der Waals surface area contributed by atoms with Crippen LogP contribution in [0, 0.1) is 18.8 Å². The number of nitrogens with zero attached hydrogens (tertiary/aromatic N) is 2. The second-order valence-electron chi connectivity index (χ2n) is 4.59. The molecule has 6 heteroatoms. The Morgan fingerprint density at radius 3 is 3.05 bits per heavy atom. The molecule has 1 amide bonds. The molecule has 2 aromatic heterocycles. The Morgan fingerprint density at radius 2 is 2.38 bits per heavy atom. The zero-order valence-corrected chi connectivity index (χ0v) is 12.7. The van der Waals surface area contributed by atoms with Crippen LogP contribution in [0.5, 0.6) is 0 Å². The molecule has 0 radical (unpaired) electrons. The molecule has 0 aliphatic heterocycles. The monoisotopic (exact) mass is 304 g/mol. The fourth-order valence-electron chi connectivity index (χ4n) is 1.75. The van der Waals surface area contributed by atoms with Crippen molar-refractivity contribution in [1.82, 2.24) is 10.1 Å². The molecule has 1 N–H and O–H groups in total. The van der Waals surface area contributed by atoms with Gasteiger partial charge in [-0.15, -0.1) is 11.3 Å². The third-order valence-corrected chi connectivity index (χ3v) is 3.71. The molecule has 21 heavy (non-hydrogen) atoms. The molecule has 110 valence electrons. The predicted octanol–water partition coefficient (Wildman–Crippen LogP) is 2.05. The number of thiophene rings is 1. The van der Waals surface area contributed by atoms with Gasteiger partial charge in [-0.1, -0.05) is 17.0 Å². The first-order valence-electron chi connectivity index (χ1n) is 6.45. The van der Waals surface area contributed by atoms with E-state index in [0.717, 1.165) is 16.0 Å². The SMILES string of the molecule is Cc1cnoc1C(=O)N(C)Cc1csc(C#CCCO)c1. The van der Waals surface area contributed by atoms with Crippen LogP contribution in [0.1, 0.15) is 33.0 Å². The molecule has 0 aromatic carbocycles. The molecule has 0 atom stereocenters. The maximum absolute atomic E-state index is 12.2. The Bertz CT molecular complexity index is 678. The smallest absolute Gasteiger partial charge is 0.292 e. The average Bonchev–Trinajstić information content (AvgIpc) is 3.07. The summed E-state index contributed by atoms with van der Waals surface area (Å²) in [6.45, 7) is 2.34. The van der Waals surface area contributed by atoms with Crippen molar-refractivity contribution in [3.63, 3.8) is 0 Å². The van der Waals surface area contributed by atoms with Gasteiger partial charge in [0.05, 0.1) is 17.7 Å². The van der Waals surface area contributed by atoms with Crippen LogP contribution in [0.2, 0.25) is 0 Å². The molecule has 0 spiro atoms. The summed E-state index contributed by atoms with van der Waals surface area (Å²) < 4.78 is 4.97. The third-order valence-electron chi connectivity index (χ3n) is 2.81. The van der Waals surface area contributed by atoms with Gasteiger partial charge in [0.2, 0.25) is 5.76 Å². The van der Waals surface area contributed by atoms with Gasteiger partial charge in [-0.2, -0.15) is 0 Å². The second-order valence-corrected chi connectivity index (χ2v) is 5.50. The first-order valence-corrected chi connectivity index (χ1v) is 7.33. The van der Waals surface area contributed by atoms with Gasteiger partial charge >= 0.3 is 0 Å². The van der Waals surface area contributed by atoms with Gasteiger partial charge in [-0.05, 0) is 23.9 Å². The van der Waals surface area contributed by atoms with Crippen LogP contribution in [0.25, 0.3) is 0 Å². The molecule has 0 aliphatic rings. The van der Waals surface area contributed by atoms with Crippen molar-refractivity contribution in [2.75, 3.05) is 13.7 Å². The number of hydrogen-bond donors (Lipinski definition) is 1. The Labute approximate surface area is 127 Å². The Kier molecular flexibility index (Phi) is 5.14. The van der Waals surface area contributed by atoms with E-state index in [9.17, 15) is 4.79 Å². The highest BCUT2D eigenvalue weighted by Crippen LogP contribution is 2.17. The van der Waals surface area contributed by atoms with Gasteiger partial charge in [-0.3, -0.25) is 4.79 Å². The van der Waals surface area contributed by atoms with Crippen LogP contribution in [0.3, 0.4) is 0 Å². The van der Waals surface area contributed by atoms with Crippen molar-refractivity contribution in [2.24, 2.45) is 0 Å². The molecule has 0 unspecified atom stereocenters. The lowest BCUT2D eigenvalue weighted by atomic mass is 10.2. The van der Waals surface area contributed by atoms with E-state index in [1.54, 1.807) is 18.9 Å². The summed E-state index contributed by atoms with van der Waals surface area (Å²) >= 11 is 1.53. The maximum Gasteiger partial charge on any atom is 0.292 e. The number of carbonyl (C=O) groups is 1. The zero-order chi connectivity index (χ0) is 15.2. The van der Waals surface area contributed by atoms with Crippen LogP contribution >= 0.6 is 11.3 Å². The second kappa shape index (κ2) is 7.07. The van der Waals surface area contributed by atoms with Crippen LogP contribution in [0.4, 0.5) is 0 Å². The van der Waals surface area contributed by atoms with E-state index < -0.39 is 0 Å². The van der Waals surface area contributed by atoms with Gasteiger partial charge in [-0.25, -0.2) is 0 Å². The summed E-state index contributed by atoms with van der Waals surface area (Å²) in [6.07, 6.45) is 2.00. The predicted molar refractivity (Wildman–Crippen MR) is 79.9 cm³/mol. The van der Waals surface area contributed by atoms with Gasteiger partial charge in [0.15, 0.2) is 0 Å². The van der Waals surface area contributed by atoms with E-state index in [-0.39, 0.29) is 18.3 Å². The molecule has 0 saturated heterocycles. The van der Waals surface area contributed by atoms with E-state index in [0.29, 0.717) is 13.0 Å². The molecule has 2 heterocycles. The minimum absolute atomic E-state index is 0.0685. The van der Waals surface area contributed by atoms with E-state index in [1.807, 2.05) is 11.4 Å². The van der Waals surface area contributed by atoms with Crippen molar-refractivity contribution in [1.29, 1.82) is 0 Å². The van der Waals surface area contributed by atoms with Crippen molar-refractivity contribution in [2.45, 2.75) is 19.9 Å². The molecule has 2 aromatic rings. The number of aliphatic hydroxyl groups excluding tert-OH is 1. The maximum atomic E-state index is 12.2. The molecule has 0 fully saturated rings. The fourth-order valence-corrected chi connectivity index (χ4v) is 2.52. The van der Waals surface area contributed by atoms with Crippen LogP contribution in [-0.2, 0) is 6.54 Å². The number of carbonyl (C=O) groups excluding carboxylic acids is 1. The topological polar surface area (TPSA) is 66.6 Å². The van der Waals surface area contributed by atoms with Gasteiger partial charge < -0.3 is 14.5 Å². The van der Waals surface area contributed by atoms with E-state index in [4.69, 9.17) is 9.63 Å². The third kappa shape index (κ3) is 3.94. The number of aromatic nitrogens is 1. The van der Waals surface area contributed by atoms with Crippen LogP contribution < -0.4 is 0 Å². The van der Waals surface area contributed by atoms with Gasteiger partial charge in [0, 0.05) is 25.6 Å². The first kappa shape index (κ1) is 15.3. The minimum atomic E-state index is -0.191. The fraction of sp³-hybridized carbons (Fsp3) is 0.333. The Balaban J connectivity index is 2.00. The largest absolute Gasteiger partial charge is 0.395 e. The number of hydrogen-bond acceptors (Lipinski definition) is 5. The molecular formula is C15H16N2O3S. The first-order chi connectivity index (χ1) is 10.1. The van der Waals surface area contributed by atoms with Gasteiger partial charge in [0.1, 0.15) is 0 Å². The molecule has 0 aliphatic carbocycles. The molecular weight excluding hydrogens is 288 g/mol. The molecule has 0 saturated carbocycles. The minimum Gasteiger partial charge on any atom is -0.395 e. The average molecular weight is 304 g/mol. The highest BCUT2D eigenvalue weighted by Gasteiger charge is 2.19. The molecule has 5 nitrogen and oxygen atoms in total. The number of aliphatic hydroxyl groups is 1. The summed E-state index contributed by atoms with van der Waals surface area (Å²) in [4.78, 5) is 14.7. The highest BCUT2D eigenvalue weighted by molar-refractivity contribution is 7.10. The van der Waals surface area contributed by atoms with Gasteiger partial charge in [0.25, 0.3) is 5.91 Å². The highest BCUT2D eigenvalue weighted by atomic mass is 32.1. The van der Waals surface area contributed by atoms with Crippen molar-refractivity contribution >= 4 is 17.2 Å². The summed E-state index contributed by atoms with van der Waals surface area (Å²) in [5.41, 5.74) is 1.74.